The Morgan fingerprint density at radius 1 is 1.32 bits per heavy atom. The first-order valence-corrected chi connectivity index (χ1v) is 8.47. The van der Waals surface area contributed by atoms with Crippen molar-refractivity contribution in [2.45, 2.75) is 39.2 Å². The molecule has 1 fully saturated rings. The Labute approximate surface area is 146 Å². The van der Waals surface area contributed by atoms with Gasteiger partial charge >= 0.3 is 5.97 Å². The molecule has 2 rings (SSSR count). The summed E-state index contributed by atoms with van der Waals surface area (Å²) in [5, 5.41) is 2.77. The van der Waals surface area contributed by atoms with Crippen LogP contribution < -0.4 is 10.2 Å². The van der Waals surface area contributed by atoms with Crippen LogP contribution in [0.2, 0.25) is 0 Å². The van der Waals surface area contributed by atoms with Crippen LogP contribution in [-0.4, -0.2) is 37.0 Å². The topological polar surface area (TPSA) is 75.7 Å². The summed E-state index contributed by atoms with van der Waals surface area (Å²) >= 11 is 0. The van der Waals surface area contributed by atoms with Gasteiger partial charge in [0.1, 0.15) is 5.82 Å². The van der Waals surface area contributed by atoms with Gasteiger partial charge in [-0.2, -0.15) is 0 Å². The van der Waals surface area contributed by atoms with Crippen LogP contribution in [0.25, 0.3) is 0 Å². The number of amides is 2. The second-order valence-corrected chi connectivity index (χ2v) is 6.05. The normalized spacial score (nSPS) is 17.0. The number of esters is 1. The number of hydrogen-bond acceptors (Lipinski definition) is 4. The van der Waals surface area contributed by atoms with E-state index < -0.39 is 17.7 Å². The Hall–Kier alpha value is -2.44. The third kappa shape index (κ3) is 4.78. The van der Waals surface area contributed by atoms with Crippen LogP contribution in [0, 0.1) is 11.7 Å². The number of nitrogens with zero attached hydrogens (tertiary/aromatic N) is 1. The molecule has 0 aromatic heterocycles. The molecule has 1 aromatic carbocycles. The van der Waals surface area contributed by atoms with E-state index in [2.05, 4.69) is 5.32 Å². The van der Waals surface area contributed by atoms with Gasteiger partial charge in [0.15, 0.2) is 6.61 Å². The van der Waals surface area contributed by atoms with Gasteiger partial charge in [-0.15, -0.1) is 0 Å². The number of ether oxygens (including phenoxy) is 1. The van der Waals surface area contributed by atoms with E-state index in [4.69, 9.17) is 4.74 Å². The predicted octanol–water partition coefficient (Wildman–Crippen LogP) is 2.03. The van der Waals surface area contributed by atoms with Crippen LogP contribution in [0.3, 0.4) is 0 Å². The molecule has 0 bridgehead atoms. The SMILES string of the molecule is CCC(CC)NC(=O)COC(=O)[C@@H]1CC(=O)N(c2ccccc2F)C1. The molecule has 7 heteroatoms. The minimum atomic E-state index is -0.701. The summed E-state index contributed by atoms with van der Waals surface area (Å²) < 4.78 is 18.8. The van der Waals surface area contributed by atoms with Gasteiger partial charge in [-0.05, 0) is 25.0 Å². The molecule has 2 amide bonds. The minimum Gasteiger partial charge on any atom is -0.455 e. The first kappa shape index (κ1) is 18.9. The number of benzene rings is 1. The Kier molecular flexibility index (Phi) is 6.50. The Morgan fingerprint density at radius 2 is 2.00 bits per heavy atom. The third-order valence-corrected chi connectivity index (χ3v) is 4.30. The van der Waals surface area contributed by atoms with E-state index in [9.17, 15) is 18.8 Å². The number of rotatable bonds is 7. The van der Waals surface area contributed by atoms with Crippen LogP contribution >= 0.6 is 0 Å². The highest BCUT2D eigenvalue weighted by Gasteiger charge is 2.37. The summed E-state index contributed by atoms with van der Waals surface area (Å²) in [7, 11) is 0. The van der Waals surface area contributed by atoms with Gasteiger partial charge < -0.3 is 15.0 Å². The van der Waals surface area contributed by atoms with E-state index in [-0.39, 0.29) is 43.1 Å². The maximum atomic E-state index is 13.8. The molecule has 136 valence electrons. The lowest BCUT2D eigenvalue weighted by Gasteiger charge is -2.17. The maximum Gasteiger partial charge on any atom is 0.311 e. The minimum absolute atomic E-state index is 0.0484. The number of hydrogen-bond donors (Lipinski definition) is 1. The molecule has 1 atom stereocenters. The molecule has 1 aromatic rings. The van der Waals surface area contributed by atoms with Crippen LogP contribution in [0.1, 0.15) is 33.1 Å². The van der Waals surface area contributed by atoms with Crippen molar-refractivity contribution in [3.05, 3.63) is 30.1 Å². The molecular weight excluding hydrogens is 327 g/mol. The van der Waals surface area contributed by atoms with Crippen molar-refractivity contribution in [2.24, 2.45) is 5.92 Å². The molecule has 1 heterocycles. The van der Waals surface area contributed by atoms with Gasteiger partial charge in [0.05, 0.1) is 11.6 Å². The largest absolute Gasteiger partial charge is 0.455 e. The summed E-state index contributed by atoms with van der Waals surface area (Å²) in [6.07, 6.45) is 1.54. The van der Waals surface area contributed by atoms with Crippen LogP contribution in [-0.2, 0) is 19.1 Å². The summed E-state index contributed by atoms with van der Waals surface area (Å²) in [4.78, 5) is 37.2. The number of nitrogens with one attached hydrogen (secondary N) is 1. The zero-order valence-corrected chi connectivity index (χ0v) is 14.5. The fraction of sp³-hybridized carbons (Fsp3) is 0.500. The molecule has 0 spiro atoms. The van der Waals surface area contributed by atoms with E-state index in [0.717, 1.165) is 12.8 Å². The van der Waals surface area contributed by atoms with Gasteiger partial charge in [0.2, 0.25) is 5.91 Å². The Bertz CT molecular complexity index is 646. The fourth-order valence-corrected chi connectivity index (χ4v) is 2.79. The second kappa shape index (κ2) is 8.60. The van der Waals surface area contributed by atoms with E-state index in [1.807, 2.05) is 13.8 Å². The van der Waals surface area contributed by atoms with Gasteiger partial charge in [-0.1, -0.05) is 26.0 Å². The molecule has 0 radical (unpaired) electrons. The smallest absolute Gasteiger partial charge is 0.311 e. The molecule has 1 saturated heterocycles. The number of halogens is 1. The highest BCUT2D eigenvalue weighted by molar-refractivity contribution is 5.99. The van der Waals surface area contributed by atoms with E-state index >= 15 is 0 Å². The van der Waals surface area contributed by atoms with Crippen molar-refractivity contribution in [2.75, 3.05) is 18.1 Å². The Balaban J connectivity index is 1.88. The standard InChI is InChI=1S/C18H23FN2O4/c1-3-13(4-2)20-16(22)11-25-18(24)12-9-17(23)21(10-12)15-8-6-5-7-14(15)19/h5-8,12-13H,3-4,9-11H2,1-2H3,(H,20,22)/t12-/m1/s1. The van der Waals surface area contributed by atoms with Crippen molar-refractivity contribution in [3.63, 3.8) is 0 Å². The number of anilines is 1. The first-order chi connectivity index (χ1) is 12.0. The molecule has 1 aliphatic heterocycles. The average Bonchev–Trinajstić information content (AvgIpc) is 2.99. The average molecular weight is 350 g/mol. The van der Waals surface area contributed by atoms with Crippen LogP contribution in [0.5, 0.6) is 0 Å². The monoisotopic (exact) mass is 350 g/mol. The van der Waals surface area contributed by atoms with E-state index in [1.54, 1.807) is 6.07 Å². The zero-order valence-electron chi connectivity index (χ0n) is 14.5. The molecule has 0 unspecified atom stereocenters. The molecule has 25 heavy (non-hydrogen) atoms. The fourth-order valence-electron chi connectivity index (χ4n) is 2.79. The molecule has 1 N–H and O–H groups in total. The highest BCUT2D eigenvalue weighted by Crippen LogP contribution is 2.27. The quantitative estimate of drug-likeness (QED) is 0.764. The lowest BCUT2D eigenvalue weighted by molar-refractivity contribution is -0.152. The van der Waals surface area contributed by atoms with Gasteiger partial charge in [-0.3, -0.25) is 14.4 Å². The third-order valence-electron chi connectivity index (χ3n) is 4.30. The van der Waals surface area contributed by atoms with Gasteiger partial charge in [0.25, 0.3) is 5.91 Å². The molecule has 0 saturated carbocycles. The molecule has 0 aliphatic carbocycles. The summed E-state index contributed by atoms with van der Waals surface area (Å²) in [6, 6.07) is 5.96. The van der Waals surface area contributed by atoms with Gasteiger partial charge in [0, 0.05) is 19.0 Å². The first-order valence-electron chi connectivity index (χ1n) is 8.47. The van der Waals surface area contributed by atoms with Crippen molar-refractivity contribution in [1.82, 2.24) is 5.32 Å². The highest BCUT2D eigenvalue weighted by atomic mass is 19.1. The molecule has 1 aliphatic rings. The number of carbonyl (C=O) groups excluding carboxylic acids is 3. The summed E-state index contributed by atoms with van der Waals surface area (Å²) in [5.41, 5.74) is 0.147. The maximum absolute atomic E-state index is 13.8. The summed E-state index contributed by atoms with van der Waals surface area (Å²) in [6.45, 7) is 3.59. The van der Waals surface area contributed by atoms with Crippen molar-refractivity contribution < 1.29 is 23.5 Å². The van der Waals surface area contributed by atoms with Crippen molar-refractivity contribution >= 4 is 23.5 Å². The second-order valence-electron chi connectivity index (χ2n) is 6.05. The lowest BCUT2D eigenvalue weighted by atomic mass is 10.1. The van der Waals surface area contributed by atoms with Crippen molar-refractivity contribution in [1.29, 1.82) is 0 Å². The van der Waals surface area contributed by atoms with E-state index in [1.165, 1.54) is 23.1 Å². The van der Waals surface area contributed by atoms with Crippen molar-refractivity contribution in [3.8, 4) is 0 Å². The summed E-state index contributed by atoms with van der Waals surface area (Å²) in [5.74, 6) is -2.54. The zero-order chi connectivity index (χ0) is 18.4. The van der Waals surface area contributed by atoms with Crippen LogP contribution in [0.4, 0.5) is 10.1 Å². The predicted molar refractivity (Wildman–Crippen MR) is 90.3 cm³/mol. The van der Waals surface area contributed by atoms with Gasteiger partial charge in [-0.25, -0.2) is 4.39 Å². The molecular formula is C18H23FN2O4. The Morgan fingerprint density at radius 3 is 2.64 bits per heavy atom. The lowest BCUT2D eigenvalue weighted by Crippen LogP contribution is -2.37. The number of para-hydroxylation sites is 1. The van der Waals surface area contributed by atoms with Crippen LogP contribution in [0.15, 0.2) is 24.3 Å². The molecule has 6 nitrogen and oxygen atoms in total. The van der Waals surface area contributed by atoms with E-state index in [0.29, 0.717) is 0 Å². The number of carbonyl (C=O) groups is 3.